The Morgan fingerprint density at radius 2 is 2.21 bits per heavy atom. The van der Waals surface area contributed by atoms with Crippen LogP contribution in [0.4, 0.5) is 4.79 Å². The maximum atomic E-state index is 11.4. The number of carbonyl (C=O) groups is 1. The summed E-state index contributed by atoms with van der Waals surface area (Å²) in [5.74, 6) is 0. The van der Waals surface area contributed by atoms with Crippen LogP contribution in [0.1, 0.15) is 32.8 Å². The fraction of sp³-hybridized carbons (Fsp3) is 0.615. The summed E-state index contributed by atoms with van der Waals surface area (Å²) in [7, 11) is 0. The largest absolute Gasteiger partial charge is 0.465 e. The Balaban J connectivity index is 2.51. The summed E-state index contributed by atoms with van der Waals surface area (Å²) in [5.41, 5.74) is -0.679. The van der Waals surface area contributed by atoms with E-state index in [1.165, 1.54) is 16.2 Å². The highest BCUT2D eigenvalue weighted by molar-refractivity contribution is 9.11. The monoisotopic (exact) mass is 347 g/mol. The van der Waals surface area contributed by atoms with Crippen molar-refractivity contribution in [1.29, 1.82) is 0 Å². The molecule has 0 bridgehead atoms. The van der Waals surface area contributed by atoms with Gasteiger partial charge in [0.05, 0.1) is 9.83 Å². The zero-order valence-electron chi connectivity index (χ0n) is 11.2. The lowest BCUT2D eigenvalue weighted by atomic mass is 9.74. The van der Waals surface area contributed by atoms with Crippen molar-refractivity contribution in [2.75, 3.05) is 6.54 Å². The molecule has 2 unspecified atom stereocenters. The fourth-order valence-electron chi connectivity index (χ4n) is 3.09. The molecule has 1 saturated heterocycles. The van der Waals surface area contributed by atoms with Gasteiger partial charge in [-0.2, -0.15) is 0 Å². The Kier molecular flexibility index (Phi) is 3.70. The van der Waals surface area contributed by atoms with E-state index in [4.69, 9.17) is 0 Å². The van der Waals surface area contributed by atoms with E-state index in [2.05, 4.69) is 15.9 Å². The summed E-state index contributed by atoms with van der Waals surface area (Å²) in [5, 5.41) is 22.4. The lowest BCUT2D eigenvalue weighted by Crippen LogP contribution is -2.52. The van der Waals surface area contributed by atoms with Gasteiger partial charge in [0.1, 0.15) is 5.60 Å². The van der Waals surface area contributed by atoms with E-state index in [0.717, 1.165) is 9.35 Å². The Morgan fingerprint density at radius 1 is 1.58 bits per heavy atom. The Labute approximate surface area is 125 Å². The van der Waals surface area contributed by atoms with Gasteiger partial charge < -0.3 is 15.1 Å². The molecule has 2 atom stereocenters. The molecule has 6 heteroatoms. The number of carboxylic acid groups (broad SMARTS) is 1. The van der Waals surface area contributed by atoms with E-state index in [-0.39, 0.29) is 5.41 Å². The van der Waals surface area contributed by atoms with Gasteiger partial charge in [0.2, 0.25) is 0 Å². The van der Waals surface area contributed by atoms with Crippen molar-refractivity contribution < 1.29 is 15.0 Å². The van der Waals surface area contributed by atoms with E-state index < -0.39 is 17.7 Å². The van der Waals surface area contributed by atoms with Gasteiger partial charge in [0, 0.05) is 18.5 Å². The van der Waals surface area contributed by atoms with Crippen molar-refractivity contribution >= 4 is 33.4 Å². The van der Waals surface area contributed by atoms with Gasteiger partial charge in [-0.1, -0.05) is 20.8 Å². The van der Waals surface area contributed by atoms with E-state index in [1.54, 1.807) is 0 Å². The van der Waals surface area contributed by atoms with Gasteiger partial charge in [-0.15, -0.1) is 11.3 Å². The van der Waals surface area contributed by atoms with Gasteiger partial charge in [0.15, 0.2) is 0 Å². The minimum Gasteiger partial charge on any atom is -0.465 e. The second-order valence-corrected chi connectivity index (χ2v) is 8.26. The van der Waals surface area contributed by atoms with Crippen LogP contribution in [0, 0.1) is 5.41 Å². The van der Waals surface area contributed by atoms with Crippen LogP contribution in [0.2, 0.25) is 0 Å². The van der Waals surface area contributed by atoms with Crippen LogP contribution in [-0.2, 0) is 5.60 Å². The Morgan fingerprint density at radius 3 is 2.63 bits per heavy atom. The lowest BCUT2D eigenvalue weighted by Gasteiger charge is -2.41. The standard InChI is InChI=1S/C13H18BrNO3S/c1-12(2,3)10-13(18,5-6-15(10)11(16)17)8-4-7-19-9(8)14/h4,7,10,18H,5-6H2,1-3H3,(H,16,17). The molecular formula is C13H18BrNO3S. The van der Waals surface area contributed by atoms with Crippen LogP contribution >= 0.6 is 27.3 Å². The molecule has 1 aliphatic heterocycles. The quantitative estimate of drug-likeness (QED) is 0.817. The minimum atomic E-state index is -1.13. The molecule has 106 valence electrons. The van der Waals surface area contributed by atoms with Crippen LogP contribution in [0.3, 0.4) is 0 Å². The summed E-state index contributed by atoms with van der Waals surface area (Å²) in [6.45, 7) is 6.24. The maximum Gasteiger partial charge on any atom is 0.407 e. The number of hydrogen-bond donors (Lipinski definition) is 2. The molecule has 1 aromatic heterocycles. The highest BCUT2D eigenvalue weighted by atomic mass is 79.9. The zero-order valence-corrected chi connectivity index (χ0v) is 13.6. The summed E-state index contributed by atoms with van der Waals surface area (Å²) in [4.78, 5) is 12.8. The highest BCUT2D eigenvalue weighted by Gasteiger charge is 2.55. The molecule has 0 spiro atoms. The summed E-state index contributed by atoms with van der Waals surface area (Å²) in [6, 6.07) is 1.42. The van der Waals surface area contributed by atoms with Crippen LogP contribution < -0.4 is 0 Å². The van der Waals surface area contributed by atoms with Gasteiger partial charge >= 0.3 is 6.09 Å². The predicted octanol–water partition coefficient (Wildman–Crippen LogP) is 3.50. The van der Waals surface area contributed by atoms with Crippen LogP contribution in [0.25, 0.3) is 0 Å². The number of nitrogens with zero attached hydrogens (tertiary/aromatic N) is 1. The van der Waals surface area contributed by atoms with Gasteiger partial charge in [0.25, 0.3) is 0 Å². The number of hydrogen-bond acceptors (Lipinski definition) is 3. The first kappa shape index (κ1) is 14.8. The van der Waals surface area contributed by atoms with Crippen LogP contribution in [0.5, 0.6) is 0 Å². The molecule has 19 heavy (non-hydrogen) atoms. The molecule has 1 amide bonds. The summed E-state index contributed by atoms with van der Waals surface area (Å²) >= 11 is 4.96. The molecule has 2 heterocycles. The smallest absolute Gasteiger partial charge is 0.407 e. The highest BCUT2D eigenvalue weighted by Crippen LogP contribution is 2.48. The van der Waals surface area contributed by atoms with E-state index in [0.29, 0.717) is 13.0 Å². The zero-order chi connectivity index (χ0) is 14.4. The van der Waals surface area contributed by atoms with Gasteiger partial charge in [-0.25, -0.2) is 4.79 Å². The topological polar surface area (TPSA) is 60.8 Å². The predicted molar refractivity (Wildman–Crippen MR) is 78.5 cm³/mol. The van der Waals surface area contributed by atoms with Crippen molar-refractivity contribution in [3.63, 3.8) is 0 Å². The van der Waals surface area contributed by atoms with Crippen molar-refractivity contribution in [3.05, 3.63) is 20.8 Å². The SMILES string of the molecule is CC(C)(C)C1N(C(=O)O)CCC1(O)c1ccsc1Br. The van der Waals surface area contributed by atoms with Gasteiger partial charge in [-0.05, 0) is 32.8 Å². The second-order valence-electron chi connectivity index (χ2n) is 6.03. The van der Waals surface area contributed by atoms with Gasteiger partial charge in [-0.3, -0.25) is 0 Å². The molecule has 0 aromatic carbocycles. The van der Waals surface area contributed by atoms with E-state index in [9.17, 15) is 15.0 Å². The average molecular weight is 348 g/mol. The first-order valence-electron chi connectivity index (χ1n) is 6.13. The Hall–Kier alpha value is -0.590. The molecule has 0 radical (unpaired) electrons. The van der Waals surface area contributed by atoms with Crippen molar-refractivity contribution in [3.8, 4) is 0 Å². The summed E-state index contributed by atoms with van der Waals surface area (Å²) < 4.78 is 0.872. The number of amides is 1. The molecule has 2 rings (SSSR count). The third-order valence-electron chi connectivity index (χ3n) is 3.65. The number of likely N-dealkylation sites (tertiary alicyclic amines) is 1. The van der Waals surface area contributed by atoms with E-state index in [1.807, 2.05) is 32.2 Å². The fourth-order valence-corrected chi connectivity index (χ4v) is 4.59. The lowest BCUT2D eigenvalue weighted by molar-refractivity contribution is -0.0414. The van der Waals surface area contributed by atoms with E-state index >= 15 is 0 Å². The van der Waals surface area contributed by atoms with Crippen molar-refractivity contribution in [1.82, 2.24) is 4.90 Å². The Bertz CT molecular complexity index is 496. The molecule has 0 aliphatic carbocycles. The average Bonchev–Trinajstić information content (AvgIpc) is 2.81. The number of rotatable bonds is 1. The maximum absolute atomic E-state index is 11.4. The number of aliphatic hydroxyl groups is 1. The molecule has 1 aliphatic rings. The molecule has 0 saturated carbocycles. The molecule has 1 aromatic rings. The normalized spacial score (nSPS) is 27.8. The number of halogens is 1. The molecule has 1 fully saturated rings. The molecular weight excluding hydrogens is 330 g/mol. The van der Waals surface area contributed by atoms with Crippen LogP contribution in [0.15, 0.2) is 15.2 Å². The van der Waals surface area contributed by atoms with Crippen molar-refractivity contribution in [2.45, 2.75) is 38.8 Å². The first-order chi connectivity index (χ1) is 8.68. The molecule has 2 N–H and O–H groups in total. The summed E-state index contributed by atoms with van der Waals surface area (Å²) in [6.07, 6.45) is -0.543. The van der Waals surface area contributed by atoms with Crippen molar-refractivity contribution in [2.24, 2.45) is 5.41 Å². The first-order valence-corrected chi connectivity index (χ1v) is 7.80. The molecule has 4 nitrogen and oxygen atoms in total. The second kappa shape index (κ2) is 4.75. The minimum absolute atomic E-state index is 0.342. The third kappa shape index (κ3) is 2.41. The third-order valence-corrected chi connectivity index (χ3v) is 5.34. The van der Waals surface area contributed by atoms with Crippen LogP contribution in [-0.4, -0.2) is 33.8 Å². The number of thiophene rings is 1.